The number of methoxy groups -OCH3 is 2. The third kappa shape index (κ3) is 12.2. The van der Waals surface area contributed by atoms with Gasteiger partial charge in [0.1, 0.15) is 49.0 Å². The Morgan fingerprint density at radius 1 is 0.912 bits per heavy atom. The highest BCUT2D eigenvalue weighted by Gasteiger charge is 2.52. The Labute approximate surface area is 397 Å². The number of amides is 1. The van der Waals surface area contributed by atoms with Crippen LogP contribution in [-0.4, -0.2) is 108 Å². The summed E-state index contributed by atoms with van der Waals surface area (Å²) in [6.07, 6.45) is -2.85. The molecule has 5 aromatic rings. The fraction of sp³-hybridized carbons (Fsp3) is 0.458. The lowest BCUT2D eigenvalue weighted by atomic mass is 9.80. The zero-order valence-electron chi connectivity index (χ0n) is 39.5. The van der Waals surface area contributed by atoms with E-state index in [0.717, 1.165) is 16.7 Å². The van der Waals surface area contributed by atoms with Gasteiger partial charge in [-0.1, -0.05) is 54.6 Å². The molecule has 0 bridgehead atoms. The van der Waals surface area contributed by atoms with Gasteiger partial charge < -0.3 is 42.2 Å². The SMILES string of the molecule is COc1ccc(C(OC[C@H]2O[C@@H](n3cnc4c(=O)[nH]c(NC(C)=O)nc43)[C@H](OCOCOC(C)CC#N)[C@@H]2OP(OCCC#N)N(C(C)C)C(C)C)(c2ccccc2)c2ccc(OC)cc2)cc1. The summed E-state index contributed by atoms with van der Waals surface area (Å²) in [6.45, 7) is 10.6. The molecule has 1 aliphatic heterocycles. The van der Waals surface area contributed by atoms with Gasteiger partial charge >= 0.3 is 0 Å². The van der Waals surface area contributed by atoms with Gasteiger partial charge in [-0.25, -0.2) is 9.65 Å². The number of nitriles is 2. The van der Waals surface area contributed by atoms with Crippen LogP contribution in [0.3, 0.4) is 0 Å². The van der Waals surface area contributed by atoms with Crippen molar-refractivity contribution in [3.63, 3.8) is 0 Å². The number of nitrogens with one attached hydrogen (secondary N) is 2. The molecule has 1 aliphatic rings. The Morgan fingerprint density at radius 3 is 2.12 bits per heavy atom. The molecule has 20 heteroatoms. The number of nitrogens with zero attached hydrogens (tertiary/aromatic N) is 6. The smallest absolute Gasteiger partial charge is 0.280 e. The van der Waals surface area contributed by atoms with Crippen molar-refractivity contribution in [2.24, 2.45) is 0 Å². The molecule has 6 atom stereocenters. The van der Waals surface area contributed by atoms with E-state index in [0.29, 0.717) is 11.5 Å². The normalized spacial score (nSPS) is 18.1. The molecule has 0 spiro atoms. The number of imidazole rings is 1. The van der Waals surface area contributed by atoms with Gasteiger partial charge in [-0.3, -0.25) is 24.5 Å². The van der Waals surface area contributed by atoms with Crippen LogP contribution in [-0.2, 0) is 43.1 Å². The average molecular weight is 955 g/mol. The van der Waals surface area contributed by atoms with Crippen LogP contribution >= 0.6 is 8.53 Å². The quantitative estimate of drug-likeness (QED) is 0.0253. The monoisotopic (exact) mass is 954 g/mol. The number of ether oxygens (including phenoxy) is 7. The maximum atomic E-state index is 13.4. The highest BCUT2D eigenvalue weighted by atomic mass is 31.2. The van der Waals surface area contributed by atoms with Gasteiger partial charge in [0.05, 0.1) is 64.8 Å². The molecule has 0 radical (unpaired) electrons. The van der Waals surface area contributed by atoms with E-state index in [1.807, 2.05) is 107 Å². The number of carbonyl (C=O) groups is 1. The predicted octanol–water partition coefficient (Wildman–Crippen LogP) is 7.30. The number of fused-ring (bicyclic) bond motifs is 1. The van der Waals surface area contributed by atoms with Crippen LogP contribution in [0.4, 0.5) is 5.95 Å². The summed E-state index contributed by atoms with van der Waals surface area (Å²) in [4.78, 5) is 37.1. The lowest BCUT2D eigenvalue weighted by molar-refractivity contribution is -0.181. The largest absolute Gasteiger partial charge is 0.497 e. The Bertz CT molecular complexity index is 2470. The molecule has 0 aliphatic carbocycles. The number of carbonyl (C=O) groups excluding carboxylic acids is 1. The Morgan fingerprint density at radius 2 is 1.54 bits per heavy atom. The number of aromatic amines is 1. The summed E-state index contributed by atoms with van der Waals surface area (Å²) >= 11 is 0. The van der Waals surface area contributed by atoms with Crippen LogP contribution in [0.15, 0.2) is 90.0 Å². The first-order valence-corrected chi connectivity index (χ1v) is 23.3. The lowest BCUT2D eigenvalue weighted by Gasteiger charge is -2.39. The van der Waals surface area contributed by atoms with E-state index in [9.17, 15) is 14.9 Å². The minimum absolute atomic E-state index is 0.0234. The summed E-state index contributed by atoms with van der Waals surface area (Å²) < 4.78 is 61.0. The van der Waals surface area contributed by atoms with Crippen molar-refractivity contribution in [1.82, 2.24) is 24.2 Å². The van der Waals surface area contributed by atoms with Gasteiger partial charge in [0.2, 0.25) is 11.9 Å². The van der Waals surface area contributed by atoms with Crippen molar-refractivity contribution in [1.29, 1.82) is 10.5 Å². The second-order valence-corrected chi connectivity index (χ2v) is 17.7. The van der Waals surface area contributed by atoms with Crippen LogP contribution in [0.1, 0.15) is 77.3 Å². The van der Waals surface area contributed by atoms with E-state index < -0.39 is 56.2 Å². The first-order chi connectivity index (χ1) is 32.8. The average Bonchev–Trinajstić information content (AvgIpc) is 3.90. The van der Waals surface area contributed by atoms with Crippen LogP contribution in [0.5, 0.6) is 11.5 Å². The summed E-state index contributed by atoms with van der Waals surface area (Å²) in [5.74, 6) is 0.752. The molecule has 3 heterocycles. The molecule has 19 nitrogen and oxygen atoms in total. The number of aromatic nitrogens is 4. The fourth-order valence-corrected chi connectivity index (χ4v) is 9.67. The van der Waals surface area contributed by atoms with Gasteiger partial charge in [-0.15, -0.1) is 0 Å². The lowest BCUT2D eigenvalue weighted by Crippen LogP contribution is -2.43. The number of benzene rings is 3. The van der Waals surface area contributed by atoms with E-state index in [2.05, 4.69) is 37.1 Å². The maximum Gasteiger partial charge on any atom is 0.280 e. The molecule has 6 rings (SSSR count). The molecule has 3 aromatic carbocycles. The molecular weight excluding hydrogens is 896 g/mol. The van der Waals surface area contributed by atoms with E-state index in [1.165, 1.54) is 13.3 Å². The number of hydrogen-bond donors (Lipinski definition) is 2. The van der Waals surface area contributed by atoms with Gasteiger partial charge in [0.15, 0.2) is 17.4 Å². The van der Waals surface area contributed by atoms with Crippen molar-refractivity contribution in [2.75, 3.05) is 46.3 Å². The predicted molar refractivity (Wildman–Crippen MR) is 251 cm³/mol. The standard InChI is InChI=1S/C48H59N8O11P/c1-31(2)56(32(3)4)68(65-26-12-24-49)67-42-40(27-64-48(35-13-10-9-11-14-35,36-15-19-38(59-7)20-16-36)37-17-21-39(60-8)22-18-37)66-46(43(42)63-30-61-29-62-33(5)23-25-50)55-28-51-41-44(55)53-47(52-34(6)57)54-45(41)58/h9-11,13-22,28,31-33,40,42-43,46H,12,23,26-27,29-30H2,1-8H3,(H2,52,53,54,57,58)/t33?,40-,42-,43-,46-,68?/m1/s1. The molecule has 2 aromatic heterocycles. The maximum absolute atomic E-state index is 13.4. The van der Waals surface area contributed by atoms with E-state index in [-0.39, 0.29) is 68.8 Å². The molecule has 1 saturated heterocycles. The van der Waals surface area contributed by atoms with Crippen LogP contribution < -0.4 is 20.3 Å². The molecule has 1 fully saturated rings. The van der Waals surface area contributed by atoms with Crippen LogP contribution in [0.2, 0.25) is 0 Å². The van der Waals surface area contributed by atoms with E-state index in [4.69, 9.17) is 47.5 Å². The van der Waals surface area contributed by atoms with Crippen LogP contribution in [0.25, 0.3) is 11.2 Å². The summed E-state index contributed by atoms with van der Waals surface area (Å²) in [5.41, 5.74) is 0.536. The number of anilines is 1. The minimum Gasteiger partial charge on any atom is -0.497 e. The molecule has 68 heavy (non-hydrogen) atoms. The van der Waals surface area contributed by atoms with Crippen LogP contribution in [0, 0.1) is 22.7 Å². The van der Waals surface area contributed by atoms with E-state index in [1.54, 1.807) is 25.7 Å². The van der Waals surface area contributed by atoms with Crippen molar-refractivity contribution in [3.05, 3.63) is 112 Å². The minimum atomic E-state index is -1.93. The van der Waals surface area contributed by atoms with Crippen molar-refractivity contribution < 1.29 is 47.0 Å². The number of rotatable bonds is 25. The Hall–Kier alpha value is -5.83. The third-order valence-corrected chi connectivity index (χ3v) is 13.1. The molecule has 362 valence electrons. The third-order valence-electron chi connectivity index (χ3n) is 11.0. The second-order valence-electron chi connectivity index (χ2n) is 16.3. The molecule has 1 amide bonds. The Balaban J connectivity index is 1.52. The van der Waals surface area contributed by atoms with E-state index >= 15 is 0 Å². The van der Waals surface area contributed by atoms with Crippen molar-refractivity contribution in [3.8, 4) is 23.6 Å². The van der Waals surface area contributed by atoms with Gasteiger partial charge in [-0.05, 0) is 75.6 Å². The van der Waals surface area contributed by atoms with Crippen molar-refractivity contribution in [2.45, 2.75) is 103 Å². The number of hydrogen-bond acceptors (Lipinski definition) is 16. The van der Waals surface area contributed by atoms with Crippen molar-refractivity contribution >= 4 is 31.5 Å². The first kappa shape index (κ1) is 51.6. The van der Waals surface area contributed by atoms with Gasteiger partial charge in [-0.2, -0.15) is 15.5 Å². The van der Waals surface area contributed by atoms with Gasteiger partial charge in [0.25, 0.3) is 14.1 Å². The highest BCUT2D eigenvalue weighted by molar-refractivity contribution is 7.44. The number of H-pyrrole nitrogens is 1. The molecule has 2 N–H and O–H groups in total. The topological polar surface area (TPSA) is 227 Å². The van der Waals surface area contributed by atoms with Gasteiger partial charge in [0, 0.05) is 19.0 Å². The summed E-state index contributed by atoms with van der Waals surface area (Å²) in [6, 6.07) is 29.2. The highest BCUT2D eigenvalue weighted by Crippen LogP contribution is 2.51. The second kappa shape index (κ2) is 24.5. The molecular formula is C48H59N8O11P. The first-order valence-electron chi connectivity index (χ1n) is 22.2. The molecule has 0 saturated carbocycles. The fourth-order valence-electron chi connectivity index (χ4n) is 7.90. The molecule has 2 unspecified atom stereocenters. The zero-order chi connectivity index (χ0) is 48.8. The Kier molecular flexibility index (Phi) is 18.5. The summed E-state index contributed by atoms with van der Waals surface area (Å²) in [5, 5.41) is 21.3. The summed E-state index contributed by atoms with van der Waals surface area (Å²) in [7, 11) is 1.28. The zero-order valence-corrected chi connectivity index (χ0v) is 40.4.